The Morgan fingerprint density at radius 3 is 2.30 bits per heavy atom. The summed E-state index contributed by atoms with van der Waals surface area (Å²) in [7, 11) is -0.747. The van der Waals surface area contributed by atoms with Crippen LogP contribution in [0.15, 0.2) is 182 Å². The van der Waals surface area contributed by atoms with E-state index in [1.165, 1.54) is 70.8 Å². The van der Waals surface area contributed by atoms with Crippen molar-refractivity contribution in [2.24, 2.45) is 0 Å². The fourth-order valence-electron chi connectivity index (χ4n) is 7.71. The van der Waals surface area contributed by atoms with Crippen LogP contribution in [0.3, 0.4) is 0 Å². The Morgan fingerprint density at radius 2 is 1.50 bits per heavy atom. The number of fused-ring (bicyclic) bond motifs is 6. The highest BCUT2D eigenvalue weighted by Crippen LogP contribution is 2.62. The van der Waals surface area contributed by atoms with E-state index < -0.39 is 12.9 Å². The van der Waals surface area contributed by atoms with Crippen LogP contribution >= 0.6 is 7.53 Å². The molecule has 0 saturated carbocycles. The van der Waals surface area contributed by atoms with E-state index in [4.69, 9.17) is 0 Å². The molecule has 0 fully saturated rings. The quantitative estimate of drug-likeness (QED) is 0.166. The molecule has 220 valence electrons. The van der Waals surface area contributed by atoms with E-state index in [9.17, 15) is 0 Å². The van der Waals surface area contributed by atoms with Gasteiger partial charge in [0.2, 0.25) is 0 Å². The van der Waals surface area contributed by atoms with Crippen LogP contribution in [0, 0.1) is 0 Å². The zero-order chi connectivity index (χ0) is 31.1. The van der Waals surface area contributed by atoms with Crippen LogP contribution in [0.25, 0.3) is 43.0 Å². The molecule has 0 aliphatic heterocycles. The van der Waals surface area contributed by atoms with Gasteiger partial charge in [-0.15, -0.1) is 0 Å². The molecule has 0 amide bonds. The molecule has 0 saturated heterocycles. The Morgan fingerprint density at radius 1 is 0.739 bits per heavy atom. The number of allylic oxidation sites excluding steroid dienone is 11. The van der Waals surface area contributed by atoms with E-state index in [0.717, 1.165) is 6.42 Å². The average molecular weight is 607 g/mol. The Hall–Kier alpha value is -5.16. The summed E-state index contributed by atoms with van der Waals surface area (Å²) in [5, 5.41) is 6.96. The molecule has 1 heteroatoms. The SMILES string of the molecule is C=C/C=C(\C=C/C)c1ccc2c3cc4c(cc3p(-c3ccccc3)c2c1)-c1ccccc1C4(C1=CCC=CC=C1)c1ccccc1. The van der Waals surface area contributed by atoms with E-state index in [0.29, 0.717) is 0 Å². The molecule has 0 N–H and O–H groups in total. The van der Waals surface area contributed by atoms with Crippen molar-refractivity contribution in [1.29, 1.82) is 0 Å². The highest BCUT2D eigenvalue weighted by Gasteiger charge is 2.47. The number of hydrogen-bond acceptors (Lipinski definition) is 0. The summed E-state index contributed by atoms with van der Waals surface area (Å²) in [6.45, 7) is 6.07. The van der Waals surface area contributed by atoms with Crippen LogP contribution in [0.4, 0.5) is 0 Å². The van der Waals surface area contributed by atoms with Crippen LogP contribution in [0.1, 0.15) is 35.6 Å². The van der Waals surface area contributed by atoms with E-state index in [2.05, 4.69) is 177 Å². The van der Waals surface area contributed by atoms with Crippen molar-refractivity contribution in [3.8, 4) is 16.4 Å². The molecule has 0 spiro atoms. The molecule has 0 radical (unpaired) electrons. The van der Waals surface area contributed by atoms with Crippen LogP contribution in [-0.2, 0) is 5.41 Å². The van der Waals surface area contributed by atoms with Crippen molar-refractivity contribution in [2.45, 2.75) is 18.8 Å². The largest absolute Gasteiger partial charge is 0.0990 e. The minimum absolute atomic E-state index is 0.408. The van der Waals surface area contributed by atoms with Gasteiger partial charge in [0.25, 0.3) is 0 Å². The number of hydrogen-bond donors (Lipinski definition) is 0. The predicted octanol–water partition coefficient (Wildman–Crippen LogP) is 12.9. The summed E-state index contributed by atoms with van der Waals surface area (Å²) in [5.74, 6) is 0. The van der Waals surface area contributed by atoms with Crippen LogP contribution in [-0.4, -0.2) is 0 Å². The van der Waals surface area contributed by atoms with Gasteiger partial charge in [-0.2, -0.15) is 0 Å². The van der Waals surface area contributed by atoms with Crippen molar-refractivity contribution in [3.63, 3.8) is 0 Å². The molecular formula is C45H35P. The normalized spacial score (nSPS) is 17.7. The smallest absolute Gasteiger partial charge is 0.0710 e. The van der Waals surface area contributed by atoms with Crippen LogP contribution < -0.4 is 0 Å². The van der Waals surface area contributed by atoms with Gasteiger partial charge < -0.3 is 0 Å². The Labute approximate surface area is 272 Å². The first-order valence-corrected chi connectivity index (χ1v) is 17.4. The molecule has 6 aromatic rings. The van der Waals surface area contributed by atoms with E-state index >= 15 is 0 Å². The molecule has 0 bridgehead atoms. The predicted molar refractivity (Wildman–Crippen MR) is 201 cm³/mol. The fourth-order valence-corrected chi connectivity index (χ4v) is 10.4. The molecule has 1 aromatic heterocycles. The first-order chi connectivity index (χ1) is 22.8. The number of benzene rings is 5. The van der Waals surface area contributed by atoms with Gasteiger partial charge in [-0.25, -0.2) is 0 Å². The van der Waals surface area contributed by atoms with Crippen molar-refractivity contribution in [2.75, 3.05) is 0 Å². The molecule has 1 heterocycles. The molecule has 2 aliphatic carbocycles. The minimum Gasteiger partial charge on any atom is -0.0990 e. The summed E-state index contributed by atoms with van der Waals surface area (Å²) in [4.78, 5) is 0. The van der Waals surface area contributed by atoms with Gasteiger partial charge in [0.1, 0.15) is 0 Å². The molecular weight excluding hydrogens is 571 g/mol. The van der Waals surface area contributed by atoms with E-state index in [1.54, 1.807) is 0 Å². The van der Waals surface area contributed by atoms with Crippen molar-refractivity contribution in [1.82, 2.24) is 0 Å². The van der Waals surface area contributed by atoms with Gasteiger partial charge in [-0.05, 0) is 92.1 Å². The van der Waals surface area contributed by atoms with Crippen molar-refractivity contribution in [3.05, 3.63) is 204 Å². The van der Waals surface area contributed by atoms with Crippen LogP contribution in [0.2, 0.25) is 0 Å². The molecule has 2 unspecified atom stereocenters. The van der Waals surface area contributed by atoms with Crippen molar-refractivity contribution >= 4 is 34.1 Å². The van der Waals surface area contributed by atoms with Gasteiger partial charge in [-0.1, -0.05) is 166 Å². The lowest BCUT2D eigenvalue weighted by Gasteiger charge is -2.35. The van der Waals surface area contributed by atoms with E-state index in [1.807, 2.05) is 6.08 Å². The molecule has 5 aromatic carbocycles. The topological polar surface area (TPSA) is 0 Å². The second kappa shape index (κ2) is 11.6. The highest BCUT2D eigenvalue weighted by atomic mass is 31.1. The van der Waals surface area contributed by atoms with Gasteiger partial charge in [-0.3, -0.25) is 0 Å². The monoisotopic (exact) mass is 606 g/mol. The summed E-state index contributed by atoms with van der Waals surface area (Å²) in [6.07, 6.45) is 20.6. The summed E-state index contributed by atoms with van der Waals surface area (Å²) >= 11 is 0. The highest BCUT2D eigenvalue weighted by molar-refractivity contribution is 7.67. The Kier molecular flexibility index (Phi) is 7.17. The lowest BCUT2D eigenvalue weighted by molar-refractivity contribution is 0.765. The zero-order valence-electron chi connectivity index (χ0n) is 26.0. The third-order valence-electron chi connectivity index (χ3n) is 9.56. The second-order valence-electron chi connectivity index (χ2n) is 12.0. The third-order valence-corrected chi connectivity index (χ3v) is 12.1. The third kappa shape index (κ3) is 4.29. The molecule has 0 nitrogen and oxygen atoms in total. The average Bonchev–Trinajstić information content (AvgIpc) is 3.40. The van der Waals surface area contributed by atoms with E-state index in [-0.39, 0.29) is 0 Å². The molecule has 2 atom stereocenters. The lowest BCUT2D eigenvalue weighted by Crippen LogP contribution is -2.29. The van der Waals surface area contributed by atoms with Gasteiger partial charge in [0, 0.05) is 10.2 Å². The maximum atomic E-state index is 3.99. The molecule has 2 aliphatic rings. The Balaban J connectivity index is 1.52. The maximum Gasteiger partial charge on any atom is 0.0710 e. The summed E-state index contributed by atoms with van der Waals surface area (Å²) in [6, 6.07) is 43.6. The second-order valence-corrected chi connectivity index (χ2v) is 14.2. The molecule has 8 rings (SSSR count). The lowest BCUT2D eigenvalue weighted by atomic mass is 9.66. The minimum atomic E-state index is -0.747. The maximum absolute atomic E-state index is 3.99. The first kappa shape index (κ1) is 28.3. The Bertz CT molecular complexity index is 2290. The zero-order valence-corrected chi connectivity index (χ0v) is 26.9. The van der Waals surface area contributed by atoms with Gasteiger partial charge in [0.05, 0.1) is 5.41 Å². The van der Waals surface area contributed by atoms with Crippen LogP contribution in [0.5, 0.6) is 0 Å². The first-order valence-electron chi connectivity index (χ1n) is 16.1. The van der Waals surface area contributed by atoms with Gasteiger partial charge in [0.15, 0.2) is 0 Å². The summed E-state index contributed by atoms with van der Waals surface area (Å²) < 4.78 is 0. The van der Waals surface area contributed by atoms with Gasteiger partial charge >= 0.3 is 0 Å². The fraction of sp³-hybridized carbons (Fsp3) is 0.0667. The standard InChI is InChI=1S/C45H35P/c1-3-17-32(18-4-2)33-27-28-38-40-30-42-39(31-44(40)46(43(38)29-33)36-23-13-8-14-24-36)37-25-15-16-26-41(37)45(42,35-21-11-7-12-22-35)34-19-9-5-6-10-20-34/h3-9,11-31H,1,10H2,2H3/b18-4-,32-17+. The number of rotatable bonds is 6. The summed E-state index contributed by atoms with van der Waals surface area (Å²) in [5.41, 5.74) is 10.1. The molecule has 46 heavy (non-hydrogen) atoms. The van der Waals surface area contributed by atoms with Crippen molar-refractivity contribution < 1.29 is 0 Å².